The van der Waals surface area contributed by atoms with Gasteiger partial charge in [-0.05, 0) is 19.9 Å². The van der Waals surface area contributed by atoms with Crippen LogP contribution in [0.4, 0.5) is 5.95 Å². The van der Waals surface area contributed by atoms with E-state index in [0.29, 0.717) is 32.0 Å². The van der Waals surface area contributed by atoms with Gasteiger partial charge in [-0.3, -0.25) is 9.59 Å². The van der Waals surface area contributed by atoms with Crippen LogP contribution in [-0.4, -0.2) is 70.3 Å². The maximum atomic E-state index is 12.7. The lowest BCUT2D eigenvalue weighted by molar-refractivity contribution is -0.136. The second-order valence-electron chi connectivity index (χ2n) is 6.40. The highest BCUT2D eigenvalue weighted by Gasteiger charge is 2.38. The van der Waals surface area contributed by atoms with Crippen LogP contribution in [0.25, 0.3) is 0 Å². The van der Waals surface area contributed by atoms with Crippen LogP contribution in [0.2, 0.25) is 0 Å². The minimum Gasteiger partial charge on any atom is -0.339 e. The second-order valence-corrected chi connectivity index (χ2v) is 6.40. The third-order valence-corrected chi connectivity index (χ3v) is 4.56. The molecule has 0 saturated carbocycles. The normalized spacial score (nSPS) is 22.1. The lowest BCUT2D eigenvalue weighted by Crippen LogP contribution is -2.51. The predicted molar refractivity (Wildman–Crippen MR) is 85.8 cm³/mol. The number of piperazine rings is 1. The van der Waals surface area contributed by atoms with E-state index in [-0.39, 0.29) is 23.8 Å². The van der Waals surface area contributed by atoms with Crippen molar-refractivity contribution in [1.29, 1.82) is 0 Å². The Morgan fingerprint density at radius 1 is 1.17 bits per heavy atom. The zero-order chi connectivity index (χ0) is 16.4. The Morgan fingerprint density at radius 3 is 2.39 bits per heavy atom. The largest absolute Gasteiger partial charge is 0.339 e. The molecule has 3 rings (SSSR count). The van der Waals surface area contributed by atoms with Crippen LogP contribution >= 0.6 is 0 Å². The number of likely N-dealkylation sites (tertiary alicyclic amines) is 1. The van der Waals surface area contributed by atoms with Crippen molar-refractivity contribution in [3.63, 3.8) is 0 Å². The van der Waals surface area contributed by atoms with Gasteiger partial charge in [-0.15, -0.1) is 0 Å². The summed E-state index contributed by atoms with van der Waals surface area (Å²) in [5.41, 5.74) is 0. The summed E-state index contributed by atoms with van der Waals surface area (Å²) < 4.78 is 0. The van der Waals surface area contributed by atoms with Crippen molar-refractivity contribution in [2.45, 2.75) is 26.3 Å². The fourth-order valence-corrected chi connectivity index (χ4v) is 3.24. The molecule has 0 N–H and O–H groups in total. The van der Waals surface area contributed by atoms with E-state index in [0.717, 1.165) is 13.1 Å². The zero-order valence-electron chi connectivity index (χ0n) is 13.7. The monoisotopic (exact) mass is 317 g/mol. The molecule has 0 radical (unpaired) electrons. The topological polar surface area (TPSA) is 69.6 Å². The van der Waals surface area contributed by atoms with Crippen LogP contribution < -0.4 is 4.90 Å². The maximum Gasteiger partial charge on any atom is 0.228 e. The third kappa shape index (κ3) is 3.28. The molecule has 0 spiro atoms. The molecule has 0 aromatic carbocycles. The molecule has 7 heteroatoms. The first-order valence-electron chi connectivity index (χ1n) is 8.16. The minimum atomic E-state index is -0.190. The van der Waals surface area contributed by atoms with Crippen LogP contribution in [0.15, 0.2) is 18.5 Å². The van der Waals surface area contributed by atoms with Gasteiger partial charge >= 0.3 is 0 Å². The first-order valence-corrected chi connectivity index (χ1v) is 8.16. The highest BCUT2D eigenvalue weighted by Crippen LogP contribution is 2.23. The molecule has 2 aliphatic heterocycles. The first kappa shape index (κ1) is 15.7. The summed E-state index contributed by atoms with van der Waals surface area (Å²) in [6.45, 7) is 7.30. The summed E-state index contributed by atoms with van der Waals surface area (Å²) in [5, 5.41) is 0. The number of anilines is 1. The van der Waals surface area contributed by atoms with E-state index in [4.69, 9.17) is 0 Å². The Morgan fingerprint density at radius 2 is 1.83 bits per heavy atom. The molecule has 2 aliphatic rings. The van der Waals surface area contributed by atoms with Crippen molar-refractivity contribution >= 4 is 17.8 Å². The number of aromatic nitrogens is 2. The molecular formula is C16H23N5O2. The molecule has 23 heavy (non-hydrogen) atoms. The van der Waals surface area contributed by atoms with Gasteiger partial charge in [0.05, 0.1) is 5.92 Å². The van der Waals surface area contributed by atoms with Gasteiger partial charge < -0.3 is 14.7 Å². The van der Waals surface area contributed by atoms with Crippen LogP contribution in [0.5, 0.6) is 0 Å². The van der Waals surface area contributed by atoms with Gasteiger partial charge in [0.1, 0.15) is 0 Å². The molecule has 2 amide bonds. The smallest absolute Gasteiger partial charge is 0.228 e. The van der Waals surface area contributed by atoms with Crippen molar-refractivity contribution in [3.8, 4) is 0 Å². The Bertz CT molecular complexity index is 569. The highest BCUT2D eigenvalue weighted by atomic mass is 16.2. The summed E-state index contributed by atoms with van der Waals surface area (Å²) in [4.78, 5) is 38.9. The molecule has 1 atom stereocenters. The van der Waals surface area contributed by atoms with E-state index in [1.165, 1.54) is 0 Å². The fourth-order valence-electron chi connectivity index (χ4n) is 3.24. The molecule has 124 valence electrons. The van der Waals surface area contributed by atoms with Crippen LogP contribution in [0, 0.1) is 5.92 Å². The Balaban J connectivity index is 1.56. The molecule has 7 nitrogen and oxygen atoms in total. The van der Waals surface area contributed by atoms with Gasteiger partial charge in [-0.1, -0.05) is 0 Å². The molecule has 2 saturated heterocycles. The molecule has 3 heterocycles. The molecule has 1 aromatic rings. The first-order chi connectivity index (χ1) is 11.1. The molecule has 0 bridgehead atoms. The number of hydrogen-bond donors (Lipinski definition) is 0. The Kier molecular flexibility index (Phi) is 4.45. The van der Waals surface area contributed by atoms with E-state index >= 15 is 0 Å². The van der Waals surface area contributed by atoms with Crippen molar-refractivity contribution < 1.29 is 9.59 Å². The van der Waals surface area contributed by atoms with Crippen LogP contribution in [0.3, 0.4) is 0 Å². The summed E-state index contributed by atoms with van der Waals surface area (Å²) in [6.07, 6.45) is 3.80. The van der Waals surface area contributed by atoms with Gasteiger partial charge in [0, 0.05) is 57.6 Å². The number of rotatable bonds is 3. The van der Waals surface area contributed by atoms with E-state index in [1.54, 1.807) is 23.4 Å². The van der Waals surface area contributed by atoms with Crippen molar-refractivity contribution in [2.75, 3.05) is 37.6 Å². The number of carbonyl (C=O) groups excluding carboxylic acids is 2. The van der Waals surface area contributed by atoms with Crippen molar-refractivity contribution in [3.05, 3.63) is 18.5 Å². The summed E-state index contributed by atoms with van der Waals surface area (Å²) in [6, 6.07) is 1.95. The van der Waals surface area contributed by atoms with Crippen molar-refractivity contribution in [1.82, 2.24) is 19.8 Å². The fraction of sp³-hybridized carbons (Fsp3) is 0.625. The number of hydrogen-bond acceptors (Lipinski definition) is 5. The average Bonchev–Trinajstić information content (AvgIpc) is 2.97. The van der Waals surface area contributed by atoms with Gasteiger partial charge in [0.15, 0.2) is 0 Å². The quantitative estimate of drug-likeness (QED) is 0.806. The van der Waals surface area contributed by atoms with E-state index in [2.05, 4.69) is 14.9 Å². The predicted octanol–water partition coefficient (Wildman–Crippen LogP) is 0.382. The summed E-state index contributed by atoms with van der Waals surface area (Å²) in [7, 11) is 0. The second kappa shape index (κ2) is 6.52. The number of amides is 2. The van der Waals surface area contributed by atoms with Crippen LogP contribution in [-0.2, 0) is 9.59 Å². The Labute approximate surface area is 136 Å². The maximum absolute atomic E-state index is 12.7. The summed E-state index contributed by atoms with van der Waals surface area (Å²) >= 11 is 0. The van der Waals surface area contributed by atoms with E-state index in [9.17, 15) is 9.59 Å². The SMILES string of the molecule is CC(C)N1CC(C(=O)N2CCN(c3ncccn3)CC2)CC1=O. The van der Waals surface area contributed by atoms with Crippen molar-refractivity contribution in [2.24, 2.45) is 5.92 Å². The number of nitrogens with zero attached hydrogens (tertiary/aromatic N) is 5. The molecule has 2 fully saturated rings. The average molecular weight is 317 g/mol. The van der Waals surface area contributed by atoms with E-state index < -0.39 is 0 Å². The summed E-state index contributed by atoms with van der Waals surface area (Å²) in [5.74, 6) is 0.718. The number of carbonyl (C=O) groups is 2. The van der Waals surface area contributed by atoms with Gasteiger partial charge in [-0.2, -0.15) is 0 Å². The molecule has 0 aliphatic carbocycles. The Hall–Kier alpha value is -2.18. The molecule has 1 aromatic heterocycles. The van der Waals surface area contributed by atoms with Crippen LogP contribution in [0.1, 0.15) is 20.3 Å². The van der Waals surface area contributed by atoms with E-state index in [1.807, 2.05) is 18.7 Å². The lowest BCUT2D eigenvalue weighted by atomic mass is 10.1. The van der Waals surface area contributed by atoms with Gasteiger partial charge in [-0.25, -0.2) is 9.97 Å². The van der Waals surface area contributed by atoms with Gasteiger partial charge in [0.2, 0.25) is 17.8 Å². The molecule has 1 unspecified atom stereocenters. The zero-order valence-corrected chi connectivity index (χ0v) is 13.7. The molecular weight excluding hydrogens is 294 g/mol. The van der Waals surface area contributed by atoms with Gasteiger partial charge in [0.25, 0.3) is 0 Å². The standard InChI is InChI=1S/C16H23N5O2/c1-12(2)21-11-13(10-14(21)22)15(23)19-6-8-20(9-7-19)16-17-4-3-5-18-16/h3-5,12-13H,6-11H2,1-2H3. The minimum absolute atomic E-state index is 0.0923. The third-order valence-electron chi connectivity index (χ3n) is 4.56. The lowest BCUT2D eigenvalue weighted by Gasteiger charge is -2.35. The highest BCUT2D eigenvalue weighted by molar-refractivity contribution is 5.89.